The number of carbonyl (C=O) groups is 1. The van der Waals surface area contributed by atoms with Crippen molar-refractivity contribution in [3.63, 3.8) is 0 Å². The quantitative estimate of drug-likeness (QED) is 0.542. The van der Waals surface area contributed by atoms with Crippen LogP contribution in [0.2, 0.25) is 0 Å². The number of hydrogen-bond donors (Lipinski definition) is 3. The van der Waals surface area contributed by atoms with Crippen LogP contribution >= 0.6 is 0 Å². The monoisotopic (exact) mass is 282 g/mol. The van der Waals surface area contributed by atoms with Gasteiger partial charge < -0.3 is 10.2 Å². The summed E-state index contributed by atoms with van der Waals surface area (Å²) in [7, 11) is -2.49. The van der Waals surface area contributed by atoms with Gasteiger partial charge in [0.1, 0.15) is 0 Å². The summed E-state index contributed by atoms with van der Waals surface area (Å²) in [6.07, 6.45) is 0.639. The fourth-order valence-electron chi connectivity index (χ4n) is 1.38. The molecular formula is C10H22N2O5S. The van der Waals surface area contributed by atoms with E-state index >= 15 is 0 Å². The predicted octanol–water partition coefficient (Wildman–Crippen LogP) is -0.222. The molecule has 0 heterocycles. The second kappa shape index (κ2) is 7.03. The summed E-state index contributed by atoms with van der Waals surface area (Å²) in [6.45, 7) is 3.14. The van der Waals surface area contributed by atoms with Gasteiger partial charge in [-0.25, -0.2) is 0 Å². The SMILES string of the molecule is CCC(CC)(CO)NS(=O)(=O)N(C)CCC(=O)O. The molecule has 0 saturated heterocycles. The highest BCUT2D eigenvalue weighted by molar-refractivity contribution is 7.87. The second-order valence-electron chi connectivity index (χ2n) is 4.22. The Bertz CT molecular complexity index is 356. The molecule has 0 saturated carbocycles. The molecule has 0 aromatic heterocycles. The Labute approximate surface area is 108 Å². The Balaban J connectivity index is 4.77. The Hall–Kier alpha value is -0.700. The third-order valence-corrected chi connectivity index (χ3v) is 4.75. The molecule has 0 aliphatic carbocycles. The first-order chi connectivity index (χ1) is 8.23. The van der Waals surface area contributed by atoms with E-state index < -0.39 is 21.7 Å². The van der Waals surface area contributed by atoms with E-state index in [0.29, 0.717) is 12.8 Å². The lowest BCUT2D eigenvalue weighted by Crippen LogP contribution is -2.54. The minimum absolute atomic E-state index is 0.112. The van der Waals surface area contributed by atoms with Crippen molar-refractivity contribution in [3.05, 3.63) is 0 Å². The zero-order chi connectivity index (χ0) is 14.4. The fourth-order valence-corrected chi connectivity index (χ4v) is 2.76. The molecule has 0 bridgehead atoms. The molecule has 0 fully saturated rings. The van der Waals surface area contributed by atoms with Gasteiger partial charge in [0.15, 0.2) is 0 Å². The average molecular weight is 282 g/mol. The molecule has 7 nitrogen and oxygen atoms in total. The second-order valence-corrected chi connectivity index (χ2v) is 6.00. The van der Waals surface area contributed by atoms with Crippen molar-refractivity contribution < 1.29 is 23.4 Å². The van der Waals surface area contributed by atoms with E-state index in [0.717, 1.165) is 4.31 Å². The molecule has 0 radical (unpaired) electrons. The zero-order valence-electron chi connectivity index (χ0n) is 11.0. The van der Waals surface area contributed by atoms with Gasteiger partial charge in [0.25, 0.3) is 10.2 Å². The summed E-state index contributed by atoms with van der Waals surface area (Å²) in [4.78, 5) is 10.4. The molecule has 0 rings (SSSR count). The van der Waals surface area contributed by atoms with Crippen LogP contribution in [0.3, 0.4) is 0 Å². The van der Waals surface area contributed by atoms with Crippen molar-refractivity contribution >= 4 is 16.2 Å². The van der Waals surface area contributed by atoms with Crippen molar-refractivity contribution in [3.8, 4) is 0 Å². The zero-order valence-corrected chi connectivity index (χ0v) is 11.8. The number of aliphatic hydroxyl groups excluding tert-OH is 1. The number of hydrogen-bond acceptors (Lipinski definition) is 4. The molecule has 0 aliphatic heterocycles. The third-order valence-electron chi connectivity index (χ3n) is 3.05. The first-order valence-electron chi connectivity index (χ1n) is 5.81. The van der Waals surface area contributed by atoms with Gasteiger partial charge in [-0.1, -0.05) is 13.8 Å². The maximum absolute atomic E-state index is 11.9. The molecule has 3 N–H and O–H groups in total. The minimum Gasteiger partial charge on any atom is -0.481 e. The number of aliphatic hydroxyl groups is 1. The lowest BCUT2D eigenvalue weighted by Gasteiger charge is -2.32. The smallest absolute Gasteiger partial charge is 0.304 e. The number of aliphatic carboxylic acids is 1. The molecule has 8 heteroatoms. The lowest BCUT2D eigenvalue weighted by atomic mass is 9.96. The molecule has 0 unspecified atom stereocenters. The molecule has 0 amide bonds. The average Bonchev–Trinajstić information content (AvgIpc) is 2.33. The number of rotatable bonds is 9. The summed E-state index contributed by atoms with van der Waals surface area (Å²) in [6, 6.07) is 0. The summed E-state index contributed by atoms with van der Waals surface area (Å²) in [5.41, 5.74) is -0.893. The highest BCUT2D eigenvalue weighted by Crippen LogP contribution is 2.16. The Morgan fingerprint density at radius 1 is 1.33 bits per heavy atom. The molecule has 18 heavy (non-hydrogen) atoms. The van der Waals surface area contributed by atoms with Gasteiger partial charge in [-0.2, -0.15) is 17.4 Å². The van der Waals surface area contributed by atoms with Crippen LogP contribution in [-0.2, 0) is 15.0 Å². The third kappa shape index (κ3) is 4.89. The van der Waals surface area contributed by atoms with Crippen molar-refractivity contribution in [2.24, 2.45) is 0 Å². The highest BCUT2D eigenvalue weighted by atomic mass is 32.2. The number of nitrogens with zero attached hydrogens (tertiary/aromatic N) is 1. The largest absolute Gasteiger partial charge is 0.481 e. The van der Waals surface area contributed by atoms with Crippen LogP contribution in [0.5, 0.6) is 0 Å². The summed E-state index contributed by atoms with van der Waals surface area (Å²) < 4.78 is 27.3. The van der Waals surface area contributed by atoms with Crippen molar-refractivity contribution in [2.45, 2.75) is 38.6 Å². The first kappa shape index (κ1) is 17.3. The fraction of sp³-hybridized carbons (Fsp3) is 0.900. The molecule has 0 spiro atoms. The first-order valence-corrected chi connectivity index (χ1v) is 7.25. The number of carboxylic acid groups (broad SMARTS) is 1. The van der Waals surface area contributed by atoms with Crippen molar-refractivity contribution in [1.29, 1.82) is 0 Å². The van der Waals surface area contributed by atoms with E-state index in [9.17, 15) is 18.3 Å². The van der Waals surface area contributed by atoms with E-state index in [1.165, 1.54) is 7.05 Å². The lowest BCUT2D eigenvalue weighted by molar-refractivity contribution is -0.137. The van der Waals surface area contributed by atoms with Crippen molar-refractivity contribution in [2.75, 3.05) is 20.2 Å². The van der Waals surface area contributed by atoms with E-state index in [2.05, 4.69) is 4.72 Å². The van der Waals surface area contributed by atoms with Gasteiger partial charge in [0, 0.05) is 13.6 Å². The van der Waals surface area contributed by atoms with Crippen LogP contribution < -0.4 is 4.72 Å². The minimum atomic E-state index is -3.79. The van der Waals surface area contributed by atoms with Crippen LogP contribution in [0.4, 0.5) is 0 Å². The maximum atomic E-state index is 11.9. The van der Waals surface area contributed by atoms with E-state index in [4.69, 9.17) is 5.11 Å². The molecule has 0 aromatic carbocycles. The molecule has 0 aromatic rings. The number of nitrogens with one attached hydrogen (secondary N) is 1. The number of carboxylic acids is 1. The van der Waals surface area contributed by atoms with Gasteiger partial charge >= 0.3 is 5.97 Å². The van der Waals surface area contributed by atoms with Crippen LogP contribution in [0.15, 0.2) is 0 Å². The Morgan fingerprint density at radius 2 is 1.83 bits per heavy atom. The van der Waals surface area contributed by atoms with Crippen LogP contribution in [0, 0.1) is 0 Å². The molecular weight excluding hydrogens is 260 g/mol. The van der Waals surface area contributed by atoms with Gasteiger partial charge in [-0.05, 0) is 12.8 Å². The molecule has 0 aliphatic rings. The van der Waals surface area contributed by atoms with Gasteiger partial charge in [-0.3, -0.25) is 4.79 Å². The van der Waals surface area contributed by atoms with Gasteiger partial charge in [0.2, 0.25) is 0 Å². The highest BCUT2D eigenvalue weighted by Gasteiger charge is 2.32. The van der Waals surface area contributed by atoms with E-state index in [1.807, 2.05) is 0 Å². The van der Waals surface area contributed by atoms with Gasteiger partial charge in [-0.15, -0.1) is 0 Å². The Morgan fingerprint density at radius 3 is 2.17 bits per heavy atom. The van der Waals surface area contributed by atoms with Gasteiger partial charge in [0.05, 0.1) is 18.6 Å². The normalized spacial score (nSPS) is 12.9. The van der Waals surface area contributed by atoms with Crippen LogP contribution in [-0.4, -0.2) is 54.6 Å². The predicted molar refractivity (Wildman–Crippen MR) is 67.3 cm³/mol. The van der Waals surface area contributed by atoms with Crippen LogP contribution in [0.25, 0.3) is 0 Å². The summed E-state index contributed by atoms with van der Waals surface area (Å²) in [5.74, 6) is -1.06. The maximum Gasteiger partial charge on any atom is 0.304 e. The van der Waals surface area contributed by atoms with Crippen molar-refractivity contribution in [1.82, 2.24) is 9.03 Å². The molecule has 108 valence electrons. The standard InChI is InChI=1S/C10H22N2O5S/c1-4-10(5-2,8-13)11-18(16,17)12(3)7-6-9(14)15/h11,13H,4-8H2,1-3H3,(H,14,15). The Kier molecular flexibility index (Phi) is 6.76. The van der Waals surface area contributed by atoms with E-state index in [-0.39, 0.29) is 19.6 Å². The molecule has 0 atom stereocenters. The summed E-state index contributed by atoms with van der Waals surface area (Å²) >= 11 is 0. The van der Waals surface area contributed by atoms with Crippen LogP contribution in [0.1, 0.15) is 33.1 Å². The summed E-state index contributed by atoms with van der Waals surface area (Å²) in [5, 5.41) is 17.8. The van der Waals surface area contributed by atoms with E-state index in [1.54, 1.807) is 13.8 Å². The topological polar surface area (TPSA) is 107 Å².